The van der Waals surface area contributed by atoms with Crippen LogP contribution in [0, 0.1) is 18.2 Å². The molecule has 7 heteroatoms. The first-order valence-corrected chi connectivity index (χ1v) is 11.0. The zero-order chi connectivity index (χ0) is 24.8. The highest BCUT2D eigenvalue weighted by molar-refractivity contribution is 5.99. The van der Waals surface area contributed by atoms with E-state index in [1.807, 2.05) is 20.8 Å². The smallest absolute Gasteiger partial charge is 0.256 e. The largest absolute Gasteiger partial charge is 0.507 e. The van der Waals surface area contributed by atoms with Crippen molar-refractivity contribution < 1.29 is 28.6 Å². The van der Waals surface area contributed by atoms with Gasteiger partial charge in [0, 0.05) is 26.1 Å². The average Bonchev–Trinajstić information content (AvgIpc) is 2.72. The van der Waals surface area contributed by atoms with Gasteiger partial charge in [0.25, 0.3) is 5.91 Å². The van der Waals surface area contributed by atoms with Crippen LogP contribution in [0.2, 0.25) is 0 Å². The molecule has 0 unspecified atom stereocenters. The van der Waals surface area contributed by atoms with Crippen LogP contribution in [-0.4, -0.2) is 49.0 Å². The van der Waals surface area contributed by atoms with Crippen LogP contribution in [0.4, 0.5) is 4.39 Å². The Kier molecular flexibility index (Phi) is 8.85. The summed E-state index contributed by atoms with van der Waals surface area (Å²) >= 11 is 0. The summed E-state index contributed by atoms with van der Waals surface area (Å²) < 4.78 is 25.3. The van der Waals surface area contributed by atoms with Gasteiger partial charge >= 0.3 is 0 Å². The van der Waals surface area contributed by atoms with E-state index >= 15 is 0 Å². The summed E-state index contributed by atoms with van der Waals surface area (Å²) in [4.78, 5) is 25.8. The lowest BCUT2D eigenvalue weighted by atomic mass is 9.87. The first-order chi connectivity index (χ1) is 15.4. The fourth-order valence-corrected chi connectivity index (χ4v) is 3.22. The summed E-state index contributed by atoms with van der Waals surface area (Å²) in [5, 5.41) is 10.5. The van der Waals surface area contributed by atoms with E-state index in [1.54, 1.807) is 33.2 Å². The van der Waals surface area contributed by atoms with Gasteiger partial charge in [0.15, 0.2) is 5.78 Å². The van der Waals surface area contributed by atoms with Crippen molar-refractivity contribution >= 4 is 11.7 Å². The predicted octanol–water partition coefficient (Wildman–Crippen LogP) is 5.40. The Morgan fingerprint density at radius 1 is 1.00 bits per heavy atom. The highest BCUT2D eigenvalue weighted by Gasteiger charge is 2.21. The lowest BCUT2D eigenvalue weighted by Crippen LogP contribution is -2.22. The molecule has 0 fully saturated rings. The van der Waals surface area contributed by atoms with E-state index in [4.69, 9.17) is 9.47 Å². The molecule has 6 nitrogen and oxygen atoms in total. The number of hydrogen-bond acceptors (Lipinski definition) is 5. The van der Waals surface area contributed by atoms with E-state index in [-0.39, 0.29) is 22.5 Å². The van der Waals surface area contributed by atoms with Crippen molar-refractivity contribution in [1.82, 2.24) is 4.90 Å². The molecule has 0 saturated heterocycles. The van der Waals surface area contributed by atoms with Gasteiger partial charge in [0.1, 0.15) is 23.1 Å². The van der Waals surface area contributed by atoms with Crippen LogP contribution in [-0.2, 0) is 0 Å². The van der Waals surface area contributed by atoms with Crippen LogP contribution in [0.25, 0.3) is 0 Å². The first kappa shape index (κ1) is 26.2. The van der Waals surface area contributed by atoms with Crippen molar-refractivity contribution in [2.24, 2.45) is 5.41 Å². The van der Waals surface area contributed by atoms with Crippen molar-refractivity contribution in [3.05, 3.63) is 52.8 Å². The van der Waals surface area contributed by atoms with Crippen LogP contribution >= 0.6 is 0 Å². The second-order valence-corrected chi connectivity index (χ2v) is 9.49. The van der Waals surface area contributed by atoms with Gasteiger partial charge in [-0.1, -0.05) is 20.8 Å². The maximum atomic E-state index is 13.9. The molecule has 1 N–H and O–H groups in total. The van der Waals surface area contributed by atoms with Gasteiger partial charge in [-0.25, -0.2) is 4.39 Å². The zero-order valence-corrected chi connectivity index (χ0v) is 20.3. The summed E-state index contributed by atoms with van der Waals surface area (Å²) in [6.45, 7) is 8.46. The van der Waals surface area contributed by atoms with E-state index in [0.717, 1.165) is 0 Å². The Morgan fingerprint density at radius 3 is 2.24 bits per heavy atom. The van der Waals surface area contributed by atoms with E-state index < -0.39 is 11.7 Å². The number of phenolic OH excluding ortho intramolecular Hbond substituents is 1. The normalized spacial score (nSPS) is 11.2. The van der Waals surface area contributed by atoms with E-state index in [9.17, 15) is 19.1 Å². The quantitative estimate of drug-likeness (QED) is 0.380. The second-order valence-electron chi connectivity index (χ2n) is 9.49. The van der Waals surface area contributed by atoms with Gasteiger partial charge < -0.3 is 19.5 Å². The third kappa shape index (κ3) is 7.48. The number of benzene rings is 2. The molecule has 0 heterocycles. The minimum Gasteiger partial charge on any atom is -0.507 e. The number of nitrogens with zero attached hydrogens (tertiary/aromatic N) is 1. The molecule has 0 aliphatic rings. The van der Waals surface area contributed by atoms with Crippen molar-refractivity contribution in [2.75, 3.05) is 27.3 Å². The number of carbonyl (C=O) groups is 2. The number of hydrogen-bond donors (Lipinski definition) is 1. The second kappa shape index (κ2) is 11.2. The standard InChI is InChI=1S/C26H34FNO5/c1-17-23(12-10-19(24(17)30)22(29)16-26(2,3)4)33-14-8-7-13-32-18-9-11-21(27)20(15-18)25(31)28(5)6/h9-12,15,30H,7-8,13-14,16H2,1-6H3. The molecule has 180 valence electrons. The number of amides is 1. The molecule has 2 rings (SSSR count). The molecule has 0 aliphatic carbocycles. The Hall–Kier alpha value is -3.09. The number of rotatable bonds is 10. The third-order valence-electron chi connectivity index (χ3n) is 5.01. The van der Waals surface area contributed by atoms with Crippen molar-refractivity contribution in [3.63, 3.8) is 0 Å². The maximum Gasteiger partial charge on any atom is 0.256 e. The van der Waals surface area contributed by atoms with Gasteiger partial charge in [0.05, 0.1) is 24.3 Å². The Bertz CT molecular complexity index is 995. The summed E-state index contributed by atoms with van der Waals surface area (Å²) in [5.41, 5.74) is 0.664. The molecule has 0 atom stereocenters. The van der Waals surface area contributed by atoms with Crippen LogP contribution in [0.1, 0.15) is 66.3 Å². The van der Waals surface area contributed by atoms with E-state index in [2.05, 4.69) is 0 Å². The number of carbonyl (C=O) groups excluding carboxylic acids is 2. The molecule has 0 saturated carbocycles. The highest BCUT2D eigenvalue weighted by Crippen LogP contribution is 2.33. The number of halogens is 1. The molecular formula is C26H34FNO5. The highest BCUT2D eigenvalue weighted by atomic mass is 19.1. The molecule has 0 aromatic heterocycles. The molecule has 1 amide bonds. The number of unbranched alkanes of at least 4 members (excludes halogenated alkanes) is 1. The van der Waals surface area contributed by atoms with Gasteiger partial charge in [0.2, 0.25) is 0 Å². The fraction of sp³-hybridized carbons (Fsp3) is 0.462. The van der Waals surface area contributed by atoms with Gasteiger partial charge in [-0.15, -0.1) is 0 Å². The molecule has 33 heavy (non-hydrogen) atoms. The maximum absolute atomic E-state index is 13.9. The third-order valence-corrected chi connectivity index (χ3v) is 5.01. The number of ether oxygens (including phenoxy) is 2. The number of phenols is 1. The molecular weight excluding hydrogens is 425 g/mol. The first-order valence-electron chi connectivity index (χ1n) is 11.0. The van der Waals surface area contributed by atoms with Gasteiger partial charge in [-0.3, -0.25) is 9.59 Å². The molecule has 2 aromatic carbocycles. The molecule has 2 aromatic rings. The van der Waals surface area contributed by atoms with Gasteiger partial charge in [-0.2, -0.15) is 0 Å². The van der Waals surface area contributed by atoms with Crippen molar-refractivity contribution in [1.29, 1.82) is 0 Å². The Labute approximate surface area is 195 Å². The Morgan fingerprint density at radius 2 is 1.64 bits per heavy atom. The lowest BCUT2D eigenvalue weighted by Gasteiger charge is -2.18. The topological polar surface area (TPSA) is 76.1 Å². The molecule has 0 radical (unpaired) electrons. The van der Waals surface area contributed by atoms with Crippen LogP contribution in [0.15, 0.2) is 30.3 Å². The van der Waals surface area contributed by atoms with Gasteiger partial charge in [-0.05, 0) is 55.5 Å². The fourth-order valence-electron chi connectivity index (χ4n) is 3.22. The summed E-state index contributed by atoms with van der Waals surface area (Å²) in [6, 6.07) is 7.44. The number of Topliss-reactive ketones (excluding diaryl/α,β-unsaturated/α-hetero) is 1. The van der Waals surface area contributed by atoms with Crippen LogP contribution < -0.4 is 9.47 Å². The summed E-state index contributed by atoms with van der Waals surface area (Å²) in [7, 11) is 3.13. The Balaban J connectivity index is 1.84. The van der Waals surface area contributed by atoms with E-state index in [0.29, 0.717) is 55.1 Å². The van der Waals surface area contributed by atoms with Crippen LogP contribution in [0.3, 0.4) is 0 Å². The summed E-state index contributed by atoms with van der Waals surface area (Å²) in [5.74, 6) is -0.173. The number of aromatic hydroxyl groups is 1. The lowest BCUT2D eigenvalue weighted by molar-refractivity contribution is 0.0822. The molecule has 0 aliphatic heterocycles. The average molecular weight is 460 g/mol. The van der Waals surface area contributed by atoms with Crippen molar-refractivity contribution in [2.45, 2.75) is 47.0 Å². The summed E-state index contributed by atoms with van der Waals surface area (Å²) in [6.07, 6.45) is 1.72. The SMILES string of the molecule is Cc1c(OCCCCOc2ccc(F)c(C(=O)N(C)C)c2)ccc(C(=O)CC(C)(C)C)c1O. The van der Waals surface area contributed by atoms with E-state index in [1.165, 1.54) is 23.1 Å². The van der Waals surface area contributed by atoms with Crippen molar-refractivity contribution in [3.8, 4) is 17.2 Å². The number of ketones is 1. The van der Waals surface area contributed by atoms with Crippen LogP contribution in [0.5, 0.6) is 17.2 Å². The molecule has 0 spiro atoms. The minimum absolute atomic E-state index is 0.0273. The minimum atomic E-state index is -0.584. The monoisotopic (exact) mass is 459 g/mol. The zero-order valence-electron chi connectivity index (χ0n) is 20.3. The predicted molar refractivity (Wildman–Crippen MR) is 126 cm³/mol. The molecule has 0 bridgehead atoms.